The van der Waals surface area contributed by atoms with Crippen LogP contribution in [-0.4, -0.2) is 30.8 Å². The highest BCUT2D eigenvalue weighted by molar-refractivity contribution is 5.78. The van der Waals surface area contributed by atoms with E-state index in [0.29, 0.717) is 11.7 Å². The Balaban J connectivity index is 2.86. The van der Waals surface area contributed by atoms with Gasteiger partial charge in [-0.25, -0.2) is 0 Å². The van der Waals surface area contributed by atoms with Gasteiger partial charge in [0.2, 0.25) is 0 Å². The second-order valence-electron chi connectivity index (χ2n) is 4.20. The standard InChI is InChI=1S/C13H20N2O/c1-4-15(3)10(2)7-12-8-13(14)6-5-11(12)9-16/h5-6,8-10H,4,7,14H2,1-3H3. The molecule has 88 valence electrons. The van der Waals surface area contributed by atoms with Gasteiger partial charge < -0.3 is 10.6 Å². The average molecular weight is 220 g/mol. The fraction of sp³-hybridized carbons (Fsp3) is 0.462. The number of rotatable bonds is 5. The summed E-state index contributed by atoms with van der Waals surface area (Å²) in [5.41, 5.74) is 8.22. The van der Waals surface area contributed by atoms with Gasteiger partial charge in [0, 0.05) is 17.3 Å². The number of anilines is 1. The summed E-state index contributed by atoms with van der Waals surface area (Å²) < 4.78 is 0. The summed E-state index contributed by atoms with van der Waals surface area (Å²) in [6.45, 7) is 5.28. The van der Waals surface area contributed by atoms with Crippen molar-refractivity contribution in [3.05, 3.63) is 29.3 Å². The fourth-order valence-electron chi connectivity index (χ4n) is 1.70. The van der Waals surface area contributed by atoms with Crippen molar-refractivity contribution in [2.75, 3.05) is 19.3 Å². The Bertz CT molecular complexity index is 363. The monoisotopic (exact) mass is 220 g/mol. The molecule has 1 unspecified atom stereocenters. The minimum atomic E-state index is 0.408. The minimum Gasteiger partial charge on any atom is -0.399 e. The summed E-state index contributed by atoms with van der Waals surface area (Å²) in [7, 11) is 2.08. The lowest BCUT2D eigenvalue weighted by molar-refractivity contribution is 0.112. The smallest absolute Gasteiger partial charge is 0.150 e. The molecule has 0 saturated carbocycles. The van der Waals surface area contributed by atoms with Crippen LogP contribution in [0.1, 0.15) is 29.8 Å². The van der Waals surface area contributed by atoms with Crippen molar-refractivity contribution in [1.29, 1.82) is 0 Å². The highest BCUT2D eigenvalue weighted by atomic mass is 16.1. The molecular formula is C13H20N2O. The first-order valence-electron chi connectivity index (χ1n) is 5.62. The third-order valence-corrected chi connectivity index (χ3v) is 3.06. The Morgan fingerprint density at radius 3 is 2.75 bits per heavy atom. The molecule has 1 rings (SSSR count). The van der Waals surface area contributed by atoms with E-state index in [9.17, 15) is 4.79 Å². The van der Waals surface area contributed by atoms with Crippen LogP contribution in [-0.2, 0) is 6.42 Å². The molecule has 2 N–H and O–H groups in total. The molecule has 0 amide bonds. The van der Waals surface area contributed by atoms with Gasteiger partial charge in [-0.3, -0.25) is 4.79 Å². The second-order valence-corrected chi connectivity index (χ2v) is 4.20. The number of carbonyl (C=O) groups excluding carboxylic acids is 1. The molecule has 0 saturated heterocycles. The summed E-state index contributed by atoms with van der Waals surface area (Å²) in [6.07, 6.45) is 1.75. The van der Waals surface area contributed by atoms with E-state index in [-0.39, 0.29) is 0 Å². The van der Waals surface area contributed by atoms with E-state index in [4.69, 9.17) is 5.73 Å². The van der Waals surface area contributed by atoms with Crippen molar-refractivity contribution >= 4 is 12.0 Å². The van der Waals surface area contributed by atoms with E-state index in [1.54, 1.807) is 12.1 Å². The van der Waals surface area contributed by atoms with Crippen LogP contribution in [0.5, 0.6) is 0 Å². The maximum Gasteiger partial charge on any atom is 0.150 e. The SMILES string of the molecule is CCN(C)C(C)Cc1cc(N)ccc1C=O. The Hall–Kier alpha value is -1.35. The molecule has 1 aromatic carbocycles. The number of nitrogens with zero attached hydrogens (tertiary/aromatic N) is 1. The number of likely N-dealkylation sites (N-methyl/N-ethyl adjacent to an activating group) is 1. The number of carbonyl (C=O) groups is 1. The molecule has 0 aromatic heterocycles. The van der Waals surface area contributed by atoms with Crippen LogP contribution in [0.25, 0.3) is 0 Å². The summed E-state index contributed by atoms with van der Waals surface area (Å²) in [6, 6.07) is 5.85. The zero-order valence-corrected chi connectivity index (χ0v) is 10.2. The number of aldehydes is 1. The highest BCUT2D eigenvalue weighted by Gasteiger charge is 2.11. The number of hydrogen-bond acceptors (Lipinski definition) is 3. The maximum atomic E-state index is 10.9. The minimum absolute atomic E-state index is 0.408. The third-order valence-electron chi connectivity index (χ3n) is 3.06. The quantitative estimate of drug-likeness (QED) is 0.609. The first-order chi connectivity index (χ1) is 7.58. The third kappa shape index (κ3) is 3.07. The van der Waals surface area contributed by atoms with Crippen molar-refractivity contribution in [3.63, 3.8) is 0 Å². The summed E-state index contributed by atoms with van der Waals surface area (Å²) >= 11 is 0. The number of nitrogen functional groups attached to an aromatic ring is 1. The Kier molecular flexibility index (Phi) is 4.50. The molecule has 3 nitrogen and oxygen atoms in total. The van der Waals surface area contributed by atoms with Crippen molar-refractivity contribution < 1.29 is 4.79 Å². The summed E-state index contributed by atoms with van der Waals surface area (Å²) in [4.78, 5) is 13.2. The van der Waals surface area contributed by atoms with Gasteiger partial charge in [-0.1, -0.05) is 6.92 Å². The van der Waals surface area contributed by atoms with E-state index < -0.39 is 0 Å². The number of benzene rings is 1. The van der Waals surface area contributed by atoms with E-state index in [0.717, 1.165) is 30.4 Å². The van der Waals surface area contributed by atoms with Crippen LogP contribution >= 0.6 is 0 Å². The Morgan fingerprint density at radius 2 is 2.19 bits per heavy atom. The highest BCUT2D eigenvalue weighted by Crippen LogP contribution is 2.15. The zero-order valence-electron chi connectivity index (χ0n) is 10.2. The normalized spacial score (nSPS) is 12.8. The molecule has 0 spiro atoms. The average Bonchev–Trinajstić information content (AvgIpc) is 2.28. The van der Waals surface area contributed by atoms with Crippen LogP contribution in [0.3, 0.4) is 0 Å². The lowest BCUT2D eigenvalue weighted by Crippen LogP contribution is -2.30. The molecular weight excluding hydrogens is 200 g/mol. The van der Waals surface area contributed by atoms with E-state index in [1.807, 2.05) is 6.07 Å². The molecule has 16 heavy (non-hydrogen) atoms. The maximum absolute atomic E-state index is 10.9. The van der Waals surface area contributed by atoms with E-state index in [2.05, 4.69) is 25.8 Å². The van der Waals surface area contributed by atoms with Gasteiger partial charge in [0.1, 0.15) is 6.29 Å². The van der Waals surface area contributed by atoms with Gasteiger partial charge in [-0.2, -0.15) is 0 Å². The van der Waals surface area contributed by atoms with Crippen molar-refractivity contribution in [1.82, 2.24) is 4.90 Å². The van der Waals surface area contributed by atoms with Gasteiger partial charge in [-0.05, 0) is 50.7 Å². The lowest BCUT2D eigenvalue weighted by Gasteiger charge is -2.23. The molecule has 3 heteroatoms. The van der Waals surface area contributed by atoms with Crippen molar-refractivity contribution in [2.45, 2.75) is 26.3 Å². The van der Waals surface area contributed by atoms with Crippen LogP contribution in [0, 0.1) is 0 Å². The van der Waals surface area contributed by atoms with Crippen LogP contribution in [0.4, 0.5) is 5.69 Å². The Morgan fingerprint density at radius 1 is 1.50 bits per heavy atom. The first kappa shape index (κ1) is 12.7. The molecule has 1 atom stereocenters. The van der Waals surface area contributed by atoms with Crippen LogP contribution < -0.4 is 5.73 Å². The van der Waals surface area contributed by atoms with Gasteiger partial charge in [0.05, 0.1) is 0 Å². The molecule has 1 aromatic rings. The molecule has 0 aliphatic heterocycles. The number of nitrogens with two attached hydrogens (primary N) is 1. The largest absolute Gasteiger partial charge is 0.399 e. The summed E-state index contributed by atoms with van der Waals surface area (Å²) in [5.74, 6) is 0. The van der Waals surface area contributed by atoms with Crippen molar-refractivity contribution in [3.8, 4) is 0 Å². The van der Waals surface area contributed by atoms with E-state index >= 15 is 0 Å². The molecule has 0 heterocycles. The molecule has 0 radical (unpaired) electrons. The van der Waals surface area contributed by atoms with Gasteiger partial charge >= 0.3 is 0 Å². The van der Waals surface area contributed by atoms with Crippen LogP contribution in [0.15, 0.2) is 18.2 Å². The predicted octanol–water partition coefficient (Wildman–Crippen LogP) is 1.96. The van der Waals surface area contributed by atoms with Gasteiger partial charge in [-0.15, -0.1) is 0 Å². The van der Waals surface area contributed by atoms with E-state index in [1.165, 1.54) is 0 Å². The molecule has 0 aliphatic rings. The fourth-order valence-corrected chi connectivity index (χ4v) is 1.70. The zero-order chi connectivity index (χ0) is 12.1. The van der Waals surface area contributed by atoms with Crippen molar-refractivity contribution in [2.24, 2.45) is 0 Å². The van der Waals surface area contributed by atoms with Gasteiger partial charge in [0.25, 0.3) is 0 Å². The lowest BCUT2D eigenvalue weighted by atomic mass is 10.0. The molecule has 0 bridgehead atoms. The number of hydrogen-bond donors (Lipinski definition) is 1. The van der Waals surface area contributed by atoms with Crippen LogP contribution in [0.2, 0.25) is 0 Å². The summed E-state index contributed by atoms with van der Waals surface area (Å²) in [5, 5.41) is 0. The predicted molar refractivity (Wildman–Crippen MR) is 67.7 cm³/mol. The first-order valence-corrected chi connectivity index (χ1v) is 5.62. The topological polar surface area (TPSA) is 46.3 Å². The molecule has 0 fully saturated rings. The molecule has 0 aliphatic carbocycles. The second kappa shape index (κ2) is 5.66. The Labute approximate surface area is 97.2 Å². The van der Waals surface area contributed by atoms with Gasteiger partial charge in [0.15, 0.2) is 0 Å².